The molecule has 1 saturated heterocycles. The molecule has 8 heteroatoms. The van der Waals surface area contributed by atoms with Crippen LogP contribution in [0.3, 0.4) is 0 Å². The number of piperazine rings is 1. The molecule has 5 nitrogen and oxygen atoms in total. The molecule has 0 aliphatic carbocycles. The highest BCUT2D eigenvalue weighted by Gasteiger charge is 2.21. The van der Waals surface area contributed by atoms with Crippen molar-refractivity contribution >= 4 is 27.3 Å². The predicted molar refractivity (Wildman–Crippen MR) is 106 cm³/mol. The van der Waals surface area contributed by atoms with Crippen LogP contribution in [0, 0.1) is 12.7 Å². The van der Waals surface area contributed by atoms with Crippen molar-refractivity contribution in [2.75, 3.05) is 44.2 Å². The van der Waals surface area contributed by atoms with E-state index in [0.29, 0.717) is 42.5 Å². The molecule has 0 amide bonds. The van der Waals surface area contributed by atoms with Gasteiger partial charge in [0.25, 0.3) is 0 Å². The zero-order chi connectivity index (χ0) is 19.4. The first-order valence-corrected chi connectivity index (χ1v) is 10.7. The highest BCUT2D eigenvalue weighted by molar-refractivity contribution is 7.89. The third-order valence-electron chi connectivity index (χ3n) is 4.73. The van der Waals surface area contributed by atoms with E-state index in [1.807, 2.05) is 11.0 Å². The van der Waals surface area contributed by atoms with E-state index in [2.05, 4.69) is 9.62 Å². The van der Waals surface area contributed by atoms with E-state index < -0.39 is 10.0 Å². The van der Waals surface area contributed by atoms with E-state index >= 15 is 0 Å². The fourth-order valence-corrected chi connectivity index (χ4v) is 4.73. The SMILES string of the molecule is Cc1ccc(Cl)cc1S(=O)(=O)NCCN1CCN(c2ccccc2F)CC1. The number of nitrogens with zero attached hydrogens (tertiary/aromatic N) is 2. The lowest BCUT2D eigenvalue weighted by Gasteiger charge is -2.36. The van der Waals surface area contributed by atoms with Crippen LogP contribution in [-0.2, 0) is 10.0 Å². The van der Waals surface area contributed by atoms with Gasteiger partial charge in [-0.25, -0.2) is 17.5 Å². The minimum absolute atomic E-state index is 0.208. The maximum Gasteiger partial charge on any atom is 0.240 e. The molecule has 0 unspecified atom stereocenters. The Morgan fingerprint density at radius 1 is 1.11 bits per heavy atom. The average molecular weight is 412 g/mol. The summed E-state index contributed by atoms with van der Waals surface area (Å²) in [5.74, 6) is -0.212. The Morgan fingerprint density at radius 3 is 2.52 bits per heavy atom. The molecule has 1 aliphatic rings. The Bertz CT molecular complexity index is 900. The Kier molecular flexibility index (Phi) is 6.37. The van der Waals surface area contributed by atoms with Gasteiger partial charge < -0.3 is 4.90 Å². The number of hydrogen-bond acceptors (Lipinski definition) is 4. The molecule has 2 aromatic rings. The normalized spacial score (nSPS) is 15.9. The highest BCUT2D eigenvalue weighted by atomic mass is 35.5. The Labute approximate surface area is 164 Å². The summed E-state index contributed by atoms with van der Waals surface area (Å²) in [5, 5.41) is 0.394. The topological polar surface area (TPSA) is 52.7 Å². The number of para-hydroxylation sites is 1. The molecule has 0 spiro atoms. The number of hydrogen-bond donors (Lipinski definition) is 1. The molecule has 0 radical (unpaired) electrons. The molecule has 1 heterocycles. The third kappa shape index (κ3) is 4.99. The number of halogens is 2. The molecule has 0 aromatic heterocycles. The number of anilines is 1. The lowest BCUT2D eigenvalue weighted by Crippen LogP contribution is -2.48. The summed E-state index contributed by atoms with van der Waals surface area (Å²) in [4.78, 5) is 4.40. The fraction of sp³-hybridized carbons (Fsp3) is 0.368. The molecule has 1 aliphatic heterocycles. The average Bonchev–Trinajstić information content (AvgIpc) is 2.65. The molecule has 27 heavy (non-hydrogen) atoms. The summed E-state index contributed by atoms with van der Waals surface area (Å²) < 4.78 is 41.5. The summed E-state index contributed by atoms with van der Waals surface area (Å²) in [7, 11) is -3.59. The smallest absolute Gasteiger partial charge is 0.240 e. The maximum absolute atomic E-state index is 13.9. The van der Waals surface area contributed by atoms with Crippen molar-refractivity contribution < 1.29 is 12.8 Å². The summed E-state index contributed by atoms with van der Waals surface area (Å²) in [6, 6.07) is 11.6. The lowest BCUT2D eigenvalue weighted by molar-refractivity contribution is 0.261. The molecular formula is C19H23ClFN3O2S. The molecule has 0 bridgehead atoms. The summed E-state index contributed by atoms with van der Waals surface area (Å²) >= 11 is 5.92. The zero-order valence-electron chi connectivity index (χ0n) is 15.2. The first-order valence-electron chi connectivity index (χ1n) is 8.84. The Morgan fingerprint density at radius 2 is 1.81 bits per heavy atom. The minimum atomic E-state index is -3.59. The van der Waals surface area contributed by atoms with Crippen LogP contribution in [0.4, 0.5) is 10.1 Å². The zero-order valence-corrected chi connectivity index (χ0v) is 16.7. The van der Waals surface area contributed by atoms with Gasteiger partial charge in [0.2, 0.25) is 10.0 Å². The van der Waals surface area contributed by atoms with Crippen LogP contribution in [0.5, 0.6) is 0 Å². The largest absolute Gasteiger partial charge is 0.367 e. The van der Waals surface area contributed by atoms with E-state index in [1.54, 1.807) is 31.2 Å². The quantitative estimate of drug-likeness (QED) is 0.794. The van der Waals surface area contributed by atoms with Crippen LogP contribution in [0.15, 0.2) is 47.4 Å². The second kappa shape index (κ2) is 8.56. The fourth-order valence-electron chi connectivity index (χ4n) is 3.20. The highest BCUT2D eigenvalue weighted by Crippen LogP contribution is 2.21. The van der Waals surface area contributed by atoms with Gasteiger partial charge in [0.05, 0.1) is 10.6 Å². The number of sulfonamides is 1. The van der Waals surface area contributed by atoms with Crippen molar-refractivity contribution in [3.05, 3.63) is 58.9 Å². The first-order chi connectivity index (χ1) is 12.9. The van der Waals surface area contributed by atoms with Crippen LogP contribution < -0.4 is 9.62 Å². The number of rotatable bonds is 6. The van der Waals surface area contributed by atoms with Crippen molar-refractivity contribution in [3.63, 3.8) is 0 Å². The first kappa shape index (κ1) is 20.1. The third-order valence-corrected chi connectivity index (χ3v) is 6.56. The van der Waals surface area contributed by atoms with Crippen LogP contribution >= 0.6 is 11.6 Å². The van der Waals surface area contributed by atoms with Gasteiger partial charge in [0.1, 0.15) is 5.82 Å². The number of aryl methyl sites for hydroxylation is 1. The van der Waals surface area contributed by atoms with Crippen molar-refractivity contribution in [2.24, 2.45) is 0 Å². The maximum atomic E-state index is 13.9. The molecule has 3 rings (SSSR count). The second-order valence-corrected chi connectivity index (χ2v) is 8.76. The Hall–Kier alpha value is -1.67. The van der Waals surface area contributed by atoms with Gasteiger partial charge in [0.15, 0.2) is 0 Å². The molecule has 1 N–H and O–H groups in total. The molecule has 2 aromatic carbocycles. The number of nitrogens with one attached hydrogen (secondary N) is 1. The van der Waals surface area contributed by atoms with Crippen LogP contribution in [0.2, 0.25) is 5.02 Å². The molecule has 1 fully saturated rings. The van der Waals surface area contributed by atoms with Gasteiger partial charge in [-0.05, 0) is 36.8 Å². The van der Waals surface area contributed by atoms with Crippen molar-refractivity contribution in [1.29, 1.82) is 0 Å². The van der Waals surface area contributed by atoms with E-state index in [0.717, 1.165) is 13.1 Å². The van der Waals surface area contributed by atoms with Gasteiger partial charge in [-0.15, -0.1) is 0 Å². The van der Waals surface area contributed by atoms with Gasteiger partial charge in [0, 0.05) is 44.3 Å². The van der Waals surface area contributed by atoms with E-state index in [-0.39, 0.29) is 10.7 Å². The van der Waals surface area contributed by atoms with Crippen molar-refractivity contribution in [1.82, 2.24) is 9.62 Å². The van der Waals surface area contributed by atoms with Gasteiger partial charge >= 0.3 is 0 Å². The van der Waals surface area contributed by atoms with Gasteiger partial charge in [-0.3, -0.25) is 4.90 Å². The van der Waals surface area contributed by atoms with E-state index in [4.69, 9.17) is 11.6 Å². The van der Waals surface area contributed by atoms with Gasteiger partial charge in [-0.1, -0.05) is 29.8 Å². The summed E-state index contributed by atoms with van der Waals surface area (Å²) in [6.45, 7) is 5.59. The van der Waals surface area contributed by atoms with Crippen molar-refractivity contribution in [2.45, 2.75) is 11.8 Å². The molecule has 0 atom stereocenters. The standard InChI is InChI=1S/C19H23ClFN3O2S/c1-15-6-7-16(20)14-19(15)27(25,26)22-8-9-23-10-12-24(13-11-23)18-5-3-2-4-17(18)21/h2-7,14,22H,8-13H2,1H3. The molecule has 0 saturated carbocycles. The number of benzene rings is 2. The van der Waals surface area contributed by atoms with E-state index in [1.165, 1.54) is 12.1 Å². The second-order valence-electron chi connectivity index (χ2n) is 6.59. The molecular weight excluding hydrogens is 389 g/mol. The van der Waals surface area contributed by atoms with Gasteiger partial charge in [-0.2, -0.15) is 0 Å². The van der Waals surface area contributed by atoms with Crippen LogP contribution in [0.1, 0.15) is 5.56 Å². The Balaban J connectivity index is 1.50. The molecule has 146 valence electrons. The summed E-state index contributed by atoms with van der Waals surface area (Å²) in [6.07, 6.45) is 0. The monoisotopic (exact) mass is 411 g/mol. The lowest BCUT2D eigenvalue weighted by atomic mass is 10.2. The minimum Gasteiger partial charge on any atom is -0.367 e. The predicted octanol–water partition coefficient (Wildman–Crippen LogP) is 2.89. The van der Waals surface area contributed by atoms with Crippen molar-refractivity contribution in [3.8, 4) is 0 Å². The van der Waals surface area contributed by atoms with Crippen LogP contribution in [-0.4, -0.2) is 52.6 Å². The van der Waals surface area contributed by atoms with Crippen LogP contribution in [0.25, 0.3) is 0 Å². The van der Waals surface area contributed by atoms with E-state index in [9.17, 15) is 12.8 Å². The summed E-state index contributed by atoms with van der Waals surface area (Å²) in [5.41, 5.74) is 1.28.